The number of nitro groups is 1. The van der Waals surface area contributed by atoms with E-state index >= 15 is 0 Å². The molecular formula is C28H32N2O5. The number of nitrogens with zero attached hydrogens (tertiary/aromatic N) is 2. The number of aliphatic hydroxyl groups is 1. The zero-order valence-electron chi connectivity index (χ0n) is 20.2. The zero-order chi connectivity index (χ0) is 25.0. The van der Waals surface area contributed by atoms with E-state index in [1.54, 1.807) is 37.4 Å². The molecule has 5 atom stereocenters. The number of hydrogen-bond acceptors (Lipinski definition) is 6. The van der Waals surface area contributed by atoms with Gasteiger partial charge in [-0.05, 0) is 36.2 Å². The highest BCUT2D eigenvalue weighted by Crippen LogP contribution is 2.56. The Balaban J connectivity index is 1.86. The van der Waals surface area contributed by atoms with Crippen molar-refractivity contribution in [2.24, 2.45) is 11.8 Å². The maximum atomic E-state index is 12.6. The van der Waals surface area contributed by atoms with E-state index < -0.39 is 29.4 Å². The Kier molecular flexibility index (Phi) is 7.45. The second kappa shape index (κ2) is 10.5. The molecule has 35 heavy (non-hydrogen) atoms. The van der Waals surface area contributed by atoms with Crippen molar-refractivity contribution >= 4 is 17.2 Å². The molecule has 0 spiro atoms. The number of carbonyl (C=O) groups is 1. The minimum atomic E-state index is -1.76. The van der Waals surface area contributed by atoms with Crippen LogP contribution in [0.3, 0.4) is 0 Å². The lowest BCUT2D eigenvalue weighted by Gasteiger charge is -2.32. The van der Waals surface area contributed by atoms with Crippen molar-refractivity contribution in [1.82, 2.24) is 4.98 Å². The van der Waals surface area contributed by atoms with Crippen molar-refractivity contribution in [3.8, 4) is 5.75 Å². The number of ether oxygens (including phenoxy) is 1. The first kappa shape index (κ1) is 24.8. The quantitative estimate of drug-likeness (QED) is 0.185. The first-order chi connectivity index (χ1) is 16.9. The SMILES string of the molecule is CCCCCC[C@H]1[C@@H]([N+](=O)[O-])[C@H](c2ccc(OC)cc2)[C@@H](C=O)[C@]1(O)c1ccc2ccccc2n1. The summed E-state index contributed by atoms with van der Waals surface area (Å²) < 4.78 is 5.24. The third kappa shape index (κ3) is 4.52. The molecule has 1 saturated carbocycles. The summed E-state index contributed by atoms with van der Waals surface area (Å²) >= 11 is 0. The number of carbonyl (C=O) groups excluding carboxylic acids is 1. The third-order valence-corrected chi connectivity index (χ3v) is 7.51. The van der Waals surface area contributed by atoms with Crippen LogP contribution in [-0.2, 0) is 10.4 Å². The number of methoxy groups -OCH3 is 1. The zero-order valence-corrected chi connectivity index (χ0v) is 20.2. The van der Waals surface area contributed by atoms with Crippen LogP contribution in [0.2, 0.25) is 0 Å². The molecule has 0 saturated heterocycles. The van der Waals surface area contributed by atoms with E-state index in [0.29, 0.717) is 35.2 Å². The summed E-state index contributed by atoms with van der Waals surface area (Å²) in [6.45, 7) is 2.10. The normalized spacial score (nSPS) is 26.0. The highest BCUT2D eigenvalue weighted by molar-refractivity contribution is 5.78. The van der Waals surface area contributed by atoms with Gasteiger partial charge in [-0.3, -0.25) is 10.1 Å². The Bertz CT molecular complexity index is 1180. The van der Waals surface area contributed by atoms with Gasteiger partial charge in [-0.2, -0.15) is 0 Å². The number of pyridine rings is 1. The first-order valence-corrected chi connectivity index (χ1v) is 12.3. The average Bonchev–Trinajstić information content (AvgIpc) is 3.15. The van der Waals surface area contributed by atoms with Crippen LogP contribution in [0.5, 0.6) is 5.75 Å². The van der Waals surface area contributed by atoms with Crippen molar-refractivity contribution in [2.75, 3.05) is 7.11 Å². The Morgan fingerprint density at radius 1 is 1.09 bits per heavy atom. The van der Waals surface area contributed by atoms with Gasteiger partial charge in [0, 0.05) is 10.3 Å². The number of para-hydroxylation sites is 1. The number of unbranched alkanes of at least 4 members (excludes halogenated alkanes) is 3. The summed E-state index contributed by atoms with van der Waals surface area (Å²) in [4.78, 5) is 29.6. The van der Waals surface area contributed by atoms with Gasteiger partial charge < -0.3 is 14.6 Å². The average molecular weight is 477 g/mol. The van der Waals surface area contributed by atoms with E-state index in [1.165, 1.54) is 0 Å². The molecule has 1 aliphatic carbocycles. The van der Waals surface area contributed by atoms with E-state index in [2.05, 4.69) is 6.92 Å². The minimum absolute atomic E-state index is 0.311. The number of aromatic nitrogens is 1. The predicted molar refractivity (Wildman–Crippen MR) is 134 cm³/mol. The highest BCUT2D eigenvalue weighted by Gasteiger charge is 2.66. The lowest BCUT2D eigenvalue weighted by atomic mass is 9.77. The number of benzene rings is 2. The molecule has 7 nitrogen and oxygen atoms in total. The summed E-state index contributed by atoms with van der Waals surface area (Å²) in [7, 11) is 1.55. The maximum absolute atomic E-state index is 12.6. The highest BCUT2D eigenvalue weighted by atomic mass is 16.6. The second-order valence-corrected chi connectivity index (χ2v) is 9.41. The molecule has 0 bridgehead atoms. The monoisotopic (exact) mass is 476 g/mol. The van der Waals surface area contributed by atoms with Gasteiger partial charge in [0.2, 0.25) is 6.04 Å². The van der Waals surface area contributed by atoms with Crippen molar-refractivity contribution in [2.45, 2.75) is 56.6 Å². The van der Waals surface area contributed by atoms with E-state index in [1.807, 2.05) is 30.3 Å². The summed E-state index contributed by atoms with van der Waals surface area (Å²) in [5.74, 6) is -1.95. The number of fused-ring (bicyclic) bond motifs is 1. The molecule has 1 aliphatic rings. The molecular weight excluding hydrogens is 444 g/mol. The Morgan fingerprint density at radius 3 is 2.49 bits per heavy atom. The smallest absolute Gasteiger partial charge is 0.226 e. The minimum Gasteiger partial charge on any atom is -0.497 e. The van der Waals surface area contributed by atoms with Gasteiger partial charge in [-0.1, -0.05) is 69.0 Å². The molecule has 7 heteroatoms. The molecule has 0 amide bonds. The molecule has 184 valence electrons. The Labute approximate surface area is 205 Å². The summed E-state index contributed by atoms with van der Waals surface area (Å²) in [5, 5.41) is 25.8. The standard InChI is InChI=1S/C28H32N2O5/c1-3-4-5-6-10-22-27(30(33)34)26(20-12-15-21(35-2)16-13-20)23(18-31)28(22,32)25-17-14-19-9-7-8-11-24(19)29-25/h7-9,11-18,22-23,26-27,32H,3-6,10H2,1-2H3/t22-,23+,26+,27+,28-/m0/s1. The van der Waals surface area contributed by atoms with Gasteiger partial charge >= 0.3 is 0 Å². The summed E-state index contributed by atoms with van der Waals surface area (Å²) in [6, 6.07) is 16.9. The van der Waals surface area contributed by atoms with Crippen LogP contribution in [0.4, 0.5) is 0 Å². The molecule has 1 fully saturated rings. The van der Waals surface area contributed by atoms with Crippen molar-refractivity contribution < 1.29 is 19.6 Å². The van der Waals surface area contributed by atoms with Crippen LogP contribution in [0.15, 0.2) is 60.7 Å². The molecule has 0 unspecified atom stereocenters. The Morgan fingerprint density at radius 2 is 1.83 bits per heavy atom. The number of hydrogen-bond donors (Lipinski definition) is 1. The van der Waals surface area contributed by atoms with Crippen molar-refractivity contribution in [1.29, 1.82) is 0 Å². The summed E-state index contributed by atoms with van der Waals surface area (Å²) in [5.41, 5.74) is -0.129. The summed E-state index contributed by atoms with van der Waals surface area (Å²) in [6.07, 6.45) is 4.83. The van der Waals surface area contributed by atoms with Gasteiger partial charge in [0.15, 0.2) is 0 Å². The number of aldehydes is 1. The molecule has 4 rings (SSSR count). The lowest BCUT2D eigenvalue weighted by Crippen LogP contribution is -2.41. The molecule has 1 heterocycles. The lowest BCUT2D eigenvalue weighted by molar-refractivity contribution is -0.534. The molecule has 0 aliphatic heterocycles. The first-order valence-electron chi connectivity index (χ1n) is 12.3. The molecule has 2 aromatic carbocycles. The van der Waals surface area contributed by atoms with Gasteiger partial charge in [0.1, 0.15) is 17.6 Å². The molecule has 1 N–H and O–H groups in total. The van der Waals surface area contributed by atoms with Gasteiger partial charge in [-0.25, -0.2) is 4.98 Å². The van der Waals surface area contributed by atoms with E-state index in [4.69, 9.17) is 9.72 Å². The second-order valence-electron chi connectivity index (χ2n) is 9.41. The van der Waals surface area contributed by atoms with E-state index in [0.717, 1.165) is 31.1 Å². The van der Waals surface area contributed by atoms with Gasteiger partial charge in [-0.15, -0.1) is 0 Å². The van der Waals surface area contributed by atoms with E-state index in [9.17, 15) is 20.0 Å². The molecule has 1 aromatic heterocycles. The van der Waals surface area contributed by atoms with Crippen molar-refractivity contribution in [3.63, 3.8) is 0 Å². The fraction of sp³-hybridized carbons (Fsp3) is 0.429. The largest absolute Gasteiger partial charge is 0.497 e. The van der Waals surface area contributed by atoms with Crippen LogP contribution in [0.1, 0.15) is 56.2 Å². The predicted octanol–water partition coefficient (Wildman–Crippen LogP) is 5.28. The van der Waals surface area contributed by atoms with Crippen LogP contribution in [-0.4, -0.2) is 34.5 Å². The Hall–Kier alpha value is -3.32. The van der Waals surface area contributed by atoms with Crippen LogP contribution >= 0.6 is 0 Å². The van der Waals surface area contributed by atoms with Crippen molar-refractivity contribution in [3.05, 3.63) is 82.0 Å². The fourth-order valence-corrected chi connectivity index (χ4v) is 5.77. The van der Waals surface area contributed by atoms with Crippen LogP contribution < -0.4 is 4.74 Å². The molecule has 0 radical (unpaired) electrons. The third-order valence-electron chi connectivity index (χ3n) is 7.51. The van der Waals surface area contributed by atoms with Crippen LogP contribution in [0.25, 0.3) is 10.9 Å². The van der Waals surface area contributed by atoms with Gasteiger partial charge in [0.25, 0.3) is 0 Å². The number of rotatable bonds is 10. The maximum Gasteiger partial charge on any atom is 0.226 e. The van der Waals surface area contributed by atoms with Gasteiger partial charge in [0.05, 0.1) is 36.1 Å². The molecule has 3 aromatic rings. The van der Waals surface area contributed by atoms with Crippen LogP contribution in [0, 0.1) is 22.0 Å². The topological polar surface area (TPSA) is 103 Å². The fourth-order valence-electron chi connectivity index (χ4n) is 5.77. The van der Waals surface area contributed by atoms with E-state index in [-0.39, 0.29) is 4.92 Å².